The van der Waals surface area contributed by atoms with Crippen LogP contribution in [0.25, 0.3) is 11.1 Å². The third-order valence-corrected chi connectivity index (χ3v) is 2.07. The zero-order valence-corrected chi connectivity index (χ0v) is 8.10. The summed E-state index contributed by atoms with van der Waals surface area (Å²) >= 11 is 0. The van der Waals surface area contributed by atoms with E-state index in [4.69, 9.17) is 9.63 Å². The van der Waals surface area contributed by atoms with E-state index < -0.39 is 0 Å². The quantitative estimate of drug-likeness (QED) is 0.760. The van der Waals surface area contributed by atoms with Crippen molar-refractivity contribution in [1.82, 2.24) is 5.16 Å². The minimum Gasteiger partial charge on any atom is -0.508 e. The first-order valence-corrected chi connectivity index (χ1v) is 4.43. The average molecular weight is 203 g/mol. The summed E-state index contributed by atoms with van der Waals surface area (Å²) in [6.07, 6.45) is 1.49. The van der Waals surface area contributed by atoms with Crippen LogP contribution in [-0.4, -0.2) is 16.0 Å². The van der Waals surface area contributed by atoms with Crippen LogP contribution in [-0.2, 0) is 0 Å². The molecule has 1 aromatic carbocycles. The summed E-state index contributed by atoms with van der Waals surface area (Å²) in [5.74, 6) is 0.246. The van der Waals surface area contributed by atoms with Crippen molar-refractivity contribution in [2.45, 2.75) is 6.92 Å². The molecule has 0 unspecified atom stereocenters. The van der Waals surface area contributed by atoms with Gasteiger partial charge in [-0.15, -0.1) is 0 Å². The first kappa shape index (κ1) is 9.45. The van der Waals surface area contributed by atoms with E-state index in [0.717, 1.165) is 5.56 Å². The third kappa shape index (κ3) is 1.74. The van der Waals surface area contributed by atoms with Gasteiger partial charge in [-0.2, -0.15) is 0 Å². The first-order chi connectivity index (χ1) is 7.18. The maximum Gasteiger partial charge on any atom is 0.209 e. The Morgan fingerprint density at radius 3 is 2.60 bits per heavy atom. The van der Waals surface area contributed by atoms with Crippen molar-refractivity contribution in [2.75, 3.05) is 0 Å². The van der Waals surface area contributed by atoms with Gasteiger partial charge in [-0.1, -0.05) is 17.3 Å². The number of carbonyl (C=O) groups excluding carboxylic acids is 1. The Labute approximate surface area is 86.1 Å². The fraction of sp³-hybridized carbons (Fsp3) is 0.0909. The Morgan fingerprint density at radius 1 is 1.33 bits per heavy atom. The molecule has 2 aromatic rings. The fourth-order valence-corrected chi connectivity index (χ4v) is 1.34. The number of carbonyl (C=O) groups is 1. The largest absolute Gasteiger partial charge is 0.508 e. The zero-order valence-electron chi connectivity index (χ0n) is 8.10. The van der Waals surface area contributed by atoms with Crippen molar-refractivity contribution in [2.24, 2.45) is 0 Å². The fourth-order valence-electron chi connectivity index (χ4n) is 1.34. The van der Waals surface area contributed by atoms with Gasteiger partial charge in [-0.25, -0.2) is 0 Å². The molecule has 0 radical (unpaired) electrons. The summed E-state index contributed by atoms with van der Waals surface area (Å²) in [6.45, 7) is 1.42. The maximum absolute atomic E-state index is 11.2. The minimum absolute atomic E-state index is 0.171. The molecule has 0 aliphatic rings. The van der Waals surface area contributed by atoms with Crippen LogP contribution in [0.4, 0.5) is 0 Å². The summed E-state index contributed by atoms with van der Waals surface area (Å²) in [4.78, 5) is 11.2. The molecule has 0 bridgehead atoms. The van der Waals surface area contributed by atoms with Gasteiger partial charge in [-0.3, -0.25) is 4.79 Å². The number of aromatic hydroxyl groups is 1. The van der Waals surface area contributed by atoms with Gasteiger partial charge in [0, 0.05) is 6.92 Å². The summed E-state index contributed by atoms with van der Waals surface area (Å²) in [5, 5.41) is 12.7. The second-order valence-corrected chi connectivity index (χ2v) is 3.17. The molecule has 1 heterocycles. The van der Waals surface area contributed by atoms with Crippen molar-refractivity contribution in [3.05, 3.63) is 36.2 Å². The van der Waals surface area contributed by atoms with Crippen LogP contribution in [0.15, 0.2) is 35.0 Å². The number of benzene rings is 1. The van der Waals surface area contributed by atoms with E-state index in [1.807, 2.05) is 0 Å². The topological polar surface area (TPSA) is 63.3 Å². The van der Waals surface area contributed by atoms with Gasteiger partial charge < -0.3 is 9.63 Å². The van der Waals surface area contributed by atoms with Crippen LogP contribution in [0.5, 0.6) is 5.75 Å². The van der Waals surface area contributed by atoms with Crippen LogP contribution in [0.3, 0.4) is 0 Å². The number of hydrogen-bond acceptors (Lipinski definition) is 4. The zero-order chi connectivity index (χ0) is 10.8. The molecule has 0 saturated carbocycles. The van der Waals surface area contributed by atoms with Gasteiger partial charge in [0.05, 0.1) is 11.8 Å². The lowest BCUT2D eigenvalue weighted by atomic mass is 10.1. The van der Waals surface area contributed by atoms with Gasteiger partial charge in [0.15, 0.2) is 5.78 Å². The highest BCUT2D eigenvalue weighted by Crippen LogP contribution is 2.25. The Hall–Kier alpha value is -2.10. The molecule has 4 nitrogen and oxygen atoms in total. The van der Waals surface area contributed by atoms with Crippen LogP contribution in [0, 0.1) is 0 Å². The molecule has 1 N–H and O–H groups in total. The monoisotopic (exact) mass is 203 g/mol. The predicted molar refractivity (Wildman–Crippen MR) is 53.6 cm³/mol. The van der Waals surface area contributed by atoms with Crippen LogP contribution >= 0.6 is 0 Å². The van der Waals surface area contributed by atoms with Crippen molar-refractivity contribution < 1.29 is 14.4 Å². The lowest BCUT2D eigenvalue weighted by Crippen LogP contribution is -1.91. The van der Waals surface area contributed by atoms with E-state index in [9.17, 15) is 4.79 Å². The molecule has 4 heteroatoms. The Morgan fingerprint density at radius 2 is 2.00 bits per heavy atom. The van der Waals surface area contributed by atoms with Crippen LogP contribution in [0.1, 0.15) is 17.5 Å². The van der Waals surface area contributed by atoms with E-state index in [1.54, 1.807) is 24.3 Å². The van der Waals surface area contributed by atoms with E-state index in [1.165, 1.54) is 13.1 Å². The van der Waals surface area contributed by atoms with Crippen LogP contribution in [0.2, 0.25) is 0 Å². The number of phenols is 1. The molecule has 0 atom stereocenters. The molecule has 0 aliphatic heterocycles. The van der Waals surface area contributed by atoms with E-state index >= 15 is 0 Å². The normalized spacial score (nSPS) is 10.2. The Bertz CT molecular complexity index is 485. The van der Waals surface area contributed by atoms with E-state index in [2.05, 4.69) is 5.16 Å². The third-order valence-electron chi connectivity index (χ3n) is 2.07. The maximum atomic E-state index is 11.2. The van der Waals surface area contributed by atoms with E-state index in [0.29, 0.717) is 5.56 Å². The summed E-state index contributed by atoms with van der Waals surface area (Å²) in [5.41, 5.74) is 1.43. The highest BCUT2D eigenvalue weighted by Gasteiger charge is 2.14. The average Bonchev–Trinajstić information content (AvgIpc) is 2.67. The lowest BCUT2D eigenvalue weighted by Gasteiger charge is -1.98. The highest BCUT2D eigenvalue weighted by atomic mass is 16.5. The van der Waals surface area contributed by atoms with Crippen LogP contribution < -0.4 is 0 Å². The number of ketones is 1. The van der Waals surface area contributed by atoms with Crippen molar-refractivity contribution in [1.29, 1.82) is 0 Å². The molecular weight excluding hydrogens is 194 g/mol. The van der Waals surface area contributed by atoms with Crippen molar-refractivity contribution >= 4 is 5.78 Å². The van der Waals surface area contributed by atoms with Gasteiger partial charge in [0.25, 0.3) is 0 Å². The molecule has 0 saturated heterocycles. The van der Waals surface area contributed by atoms with Gasteiger partial charge in [0.1, 0.15) is 5.75 Å². The number of phenolic OH excluding ortho intramolecular Hbond substituents is 1. The smallest absolute Gasteiger partial charge is 0.209 e. The molecule has 0 aliphatic carbocycles. The number of hydrogen-bond donors (Lipinski definition) is 1. The first-order valence-electron chi connectivity index (χ1n) is 4.43. The van der Waals surface area contributed by atoms with E-state index in [-0.39, 0.29) is 17.3 Å². The molecule has 15 heavy (non-hydrogen) atoms. The second kappa shape index (κ2) is 3.57. The number of nitrogens with zero attached hydrogens (tertiary/aromatic N) is 1. The molecule has 1 aromatic heterocycles. The number of Topliss-reactive ketones (excluding diaryl/α,β-unsaturated/α-hetero) is 1. The standard InChI is InChI=1S/C11H9NO3/c1-7(13)11-10(6-12-15-11)8-2-4-9(14)5-3-8/h2-6,14H,1H3. The number of rotatable bonds is 2. The van der Waals surface area contributed by atoms with Gasteiger partial charge in [0.2, 0.25) is 5.76 Å². The Kier molecular flexibility index (Phi) is 2.25. The molecule has 2 rings (SSSR count). The minimum atomic E-state index is -0.171. The Balaban J connectivity index is 2.49. The predicted octanol–water partition coefficient (Wildman–Crippen LogP) is 2.25. The summed E-state index contributed by atoms with van der Waals surface area (Å²) < 4.78 is 4.85. The summed E-state index contributed by atoms with van der Waals surface area (Å²) in [6, 6.07) is 6.50. The summed E-state index contributed by atoms with van der Waals surface area (Å²) in [7, 11) is 0. The van der Waals surface area contributed by atoms with Gasteiger partial charge in [-0.05, 0) is 17.7 Å². The SMILES string of the molecule is CC(=O)c1oncc1-c1ccc(O)cc1. The molecule has 0 spiro atoms. The second-order valence-electron chi connectivity index (χ2n) is 3.17. The molecule has 0 amide bonds. The highest BCUT2D eigenvalue weighted by molar-refractivity contribution is 5.97. The molecule has 0 fully saturated rings. The molecular formula is C11H9NO3. The van der Waals surface area contributed by atoms with Crippen molar-refractivity contribution in [3.8, 4) is 16.9 Å². The number of aromatic nitrogens is 1. The van der Waals surface area contributed by atoms with Gasteiger partial charge >= 0.3 is 0 Å². The molecule has 76 valence electrons. The van der Waals surface area contributed by atoms with Crippen molar-refractivity contribution in [3.63, 3.8) is 0 Å². The lowest BCUT2D eigenvalue weighted by molar-refractivity contribution is 0.0979.